The lowest BCUT2D eigenvalue weighted by molar-refractivity contribution is -0.129. The van der Waals surface area contributed by atoms with E-state index in [2.05, 4.69) is 10.6 Å². The predicted molar refractivity (Wildman–Crippen MR) is 116 cm³/mol. The van der Waals surface area contributed by atoms with Gasteiger partial charge in [-0.25, -0.2) is 4.79 Å². The largest absolute Gasteiger partial charge is 0.497 e. The molecule has 0 bridgehead atoms. The van der Waals surface area contributed by atoms with E-state index >= 15 is 0 Å². The number of aliphatic hydroxyl groups excluding tert-OH is 1. The number of benzene rings is 2. The Labute approximate surface area is 175 Å². The van der Waals surface area contributed by atoms with Crippen LogP contribution in [0.2, 0.25) is 0 Å². The maximum atomic E-state index is 12.2. The number of amides is 3. The van der Waals surface area contributed by atoms with Gasteiger partial charge >= 0.3 is 6.03 Å². The third-order valence-corrected chi connectivity index (χ3v) is 4.79. The van der Waals surface area contributed by atoms with Crippen LogP contribution in [0.1, 0.15) is 11.7 Å². The van der Waals surface area contributed by atoms with Crippen molar-refractivity contribution in [2.24, 2.45) is 0 Å². The van der Waals surface area contributed by atoms with Crippen molar-refractivity contribution in [1.82, 2.24) is 14.8 Å². The van der Waals surface area contributed by atoms with Gasteiger partial charge in [0.05, 0.1) is 13.2 Å². The first kappa shape index (κ1) is 21.2. The lowest BCUT2D eigenvalue weighted by Crippen LogP contribution is -2.32. The molecule has 3 amide bonds. The molecule has 0 aliphatic heterocycles. The highest BCUT2D eigenvalue weighted by atomic mass is 16.5. The Morgan fingerprint density at radius 1 is 1.13 bits per heavy atom. The molecule has 0 radical (unpaired) electrons. The summed E-state index contributed by atoms with van der Waals surface area (Å²) in [6, 6.07) is 14.0. The first-order chi connectivity index (χ1) is 14.4. The van der Waals surface area contributed by atoms with E-state index in [1.54, 1.807) is 56.4 Å². The number of hydrogen-bond acceptors (Lipinski definition) is 4. The minimum atomic E-state index is -0.826. The first-order valence-electron chi connectivity index (χ1n) is 9.53. The number of aliphatic hydroxyl groups is 1. The van der Waals surface area contributed by atoms with Gasteiger partial charge in [-0.05, 0) is 42.0 Å². The molecule has 1 unspecified atom stereocenters. The fourth-order valence-corrected chi connectivity index (χ4v) is 3.01. The molecule has 3 aromatic rings. The van der Waals surface area contributed by atoms with E-state index < -0.39 is 12.1 Å². The van der Waals surface area contributed by atoms with E-state index in [1.165, 1.54) is 0 Å². The number of rotatable bonds is 7. The summed E-state index contributed by atoms with van der Waals surface area (Å²) in [5.74, 6) is 0.705. The number of ether oxygens (including phenoxy) is 1. The average molecular weight is 410 g/mol. The van der Waals surface area contributed by atoms with Gasteiger partial charge in [-0.2, -0.15) is 0 Å². The number of nitrogens with one attached hydrogen (secondary N) is 2. The molecule has 30 heavy (non-hydrogen) atoms. The number of hydrogen-bond donors (Lipinski definition) is 3. The maximum absolute atomic E-state index is 12.2. The first-order valence-corrected chi connectivity index (χ1v) is 9.53. The Hall–Kier alpha value is -3.52. The van der Waals surface area contributed by atoms with Crippen LogP contribution < -0.4 is 15.4 Å². The van der Waals surface area contributed by atoms with Crippen LogP contribution in [0.25, 0.3) is 10.9 Å². The summed E-state index contributed by atoms with van der Waals surface area (Å²) in [6.07, 6.45) is 1.02. The number of likely N-dealkylation sites (N-methyl/N-ethyl adjacent to an activating group) is 1. The summed E-state index contributed by atoms with van der Waals surface area (Å²) in [4.78, 5) is 25.7. The highest BCUT2D eigenvalue weighted by molar-refractivity contribution is 5.93. The number of fused-ring (bicyclic) bond motifs is 1. The van der Waals surface area contributed by atoms with Crippen LogP contribution in [0.15, 0.2) is 54.7 Å². The van der Waals surface area contributed by atoms with Gasteiger partial charge in [-0.3, -0.25) is 4.79 Å². The molecule has 8 heteroatoms. The van der Waals surface area contributed by atoms with Gasteiger partial charge in [0.25, 0.3) is 0 Å². The zero-order chi connectivity index (χ0) is 21.7. The van der Waals surface area contributed by atoms with Crippen LogP contribution in [0.5, 0.6) is 5.75 Å². The summed E-state index contributed by atoms with van der Waals surface area (Å²) >= 11 is 0. The number of carbonyl (C=O) groups is 2. The molecule has 0 spiro atoms. The fourth-order valence-electron chi connectivity index (χ4n) is 3.01. The highest BCUT2D eigenvalue weighted by Gasteiger charge is 2.11. The lowest BCUT2D eigenvalue weighted by Gasteiger charge is -2.14. The molecule has 0 saturated heterocycles. The molecule has 158 valence electrons. The number of urea groups is 1. The molecular formula is C22H26N4O4. The Morgan fingerprint density at radius 2 is 1.87 bits per heavy atom. The molecular weight excluding hydrogens is 384 g/mol. The summed E-state index contributed by atoms with van der Waals surface area (Å²) in [5.41, 5.74) is 2.22. The average Bonchev–Trinajstić information content (AvgIpc) is 3.13. The van der Waals surface area contributed by atoms with Crippen LogP contribution in [-0.4, -0.2) is 54.3 Å². The SMILES string of the molecule is COc1ccc(C(O)CNC(=O)Nc2ccc3c(ccn3CC(=O)N(C)C)c2)cc1. The van der Waals surface area contributed by atoms with Gasteiger partial charge < -0.3 is 29.9 Å². The standard InChI is InChI=1S/C22H26N4O4/c1-25(2)21(28)14-26-11-10-16-12-17(6-9-19(16)26)24-22(29)23-13-20(27)15-4-7-18(30-3)8-5-15/h4-12,20,27H,13-14H2,1-3H3,(H2,23,24,29). The molecule has 1 aromatic heterocycles. The van der Waals surface area contributed by atoms with Gasteiger partial charge in [-0.15, -0.1) is 0 Å². The van der Waals surface area contributed by atoms with Crippen molar-refractivity contribution in [3.63, 3.8) is 0 Å². The van der Waals surface area contributed by atoms with Gasteiger partial charge in [0, 0.05) is 43.4 Å². The van der Waals surface area contributed by atoms with E-state index in [0.717, 1.165) is 10.9 Å². The van der Waals surface area contributed by atoms with Crippen LogP contribution in [0, 0.1) is 0 Å². The molecule has 1 atom stereocenters. The monoisotopic (exact) mass is 410 g/mol. The Bertz CT molecular complexity index is 1030. The van der Waals surface area contributed by atoms with Crippen molar-refractivity contribution < 1.29 is 19.4 Å². The van der Waals surface area contributed by atoms with Crippen molar-refractivity contribution in [3.8, 4) is 5.75 Å². The van der Waals surface area contributed by atoms with Crippen molar-refractivity contribution in [1.29, 1.82) is 0 Å². The number of carbonyl (C=O) groups excluding carboxylic acids is 2. The second-order valence-electron chi connectivity index (χ2n) is 7.13. The molecule has 2 aromatic carbocycles. The smallest absolute Gasteiger partial charge is 0.319 e. The Morgan fingerprint density at radius 3 is 2.53 bits per heavy atom. The van der Waals surface area contributed by atoms with E-state index in [-0.39, 0.29) is 19.0 Å². The lowest BCUT2D eigenvalue weighted by atomic mass is 10.1. The summed E-state index contributed by atoms with van der Waals surface area (Å²) in [7, 11) is 5.02. The summed E-state index contributed by atoms with van der Waals surface area (Å²) in [6.45, 7) is 0.330. The van der Waals surface area contributed by atoms with Crippen molar-refractivity contribution in [2.45, 2.75) is 12.6 Å². The second kappa shape index (κ2) is 9.32. The minimum Gasteiger partial charge on any atom is -0.497 e. The topological polar surface area (TPSA) is 95.8 Å². The Kier molecular flexibility index (Phi) is 6.58. The number of methoxy groups -OCH3 is 1. The third kappa shape index (κ3) is 5.09. The number of nitrogens with zero attached hydrogens (tertiary/aromatic N) is 2. The quantitative estimate of drug-likeness (QED) is 0.558. The highest BCUT2D eigenvalue weighted by Crippen LogP contribution is 2.21. The van der Waals surface area contributed by atoms with E-state index in [9.17, 15) is 14.7 Å². The zero-order valence-corrected chi connectivity index (χ0v) is 17.3. The van der Waals surface area contributed by atoms with E-state index in [4.69, 9.17) is 4.74 Å². The fraction of sp³-hybridized carbons (Fsp3) is 0.273. The zero-order valence-electron chi connectivity index (χ0n) is 17.3. The minimum absolute atomic E-state index is 0.00416. The molecule has 0 saturated carbocycles. The van der Waals surface area contributed by atoms with Crippen molar-refractivity contribution in [2.75, 3.05) is 33.1 Å². The molecule has 3 rings (SSSR count). The predicted octanol–water partition coefficient (Wildman–Crippen LogP) is 2.59. The second-order valence-corrected chi connectivity index (χ2v) is 7.13. The summed E-state index contributed by atoms with van der Waals surface area (Å²) < 4.78 is 6.96. The maximum Gasteiger partial charge on any atom is 0.319 e. The van der Waals surface area contributed by atoms with Gasteiger partial charge in [0.15, 0.2) is 0 Å². The molecule has 8 nitrogen and oxygen atoms in total. The number of aromatic nitrogens is 1. The normalized spacial score (nSPS) is 11.7. The molecule has 0 aliphatic rings. The van der Waals surface area contributed by atoms with Gasteiger partial charge in [-0.1, -0.05) is 12.1 Å². The Balaban J connectivity index is 1.57. The molecule has 1 heterocycles. The molecule has 3 N–H and O–H groups in total. The van der Waals surface area contributed by atoms with Crippen LogP contribution in [0.3, 0.4) is 0 Å². The number of anilines is 1. The van der Waals surface area contributed by atoms with Crippen LogP contribution in [-0.2, 0) is 11.3 Å². The van der Waals surface area contributed by atoms with E-state index in [0.29, 0.717) is 17.0 Å². The summed E-state index contributed by atoms with van der Waals surface area (Å²) in [5, 5.41) is 16.6. The van der Waals surface area contributed by atoms with Crippen molar-refractivity contribution >= 4 is 28.5 Å². The van der Waals surface area contributed by atoms with Gasteiger partial charge in [0.1, 0.15) is 12.3 Å². The molecule has 0 aliphatic carbocycles. The third-order valence-electron chi connectivity index (χ3n) is 4.79. The molecule has 0 fully saturated rings. The van der Waals surface area contributed by atoms with Crippen molar-refractivity contribution in [3.05, 3.63) is 60.3 Å². The van der Waals surface area contributed by atoms with E-state index in [1.807, 2.05) is 29.0 Å². The van der Waals surface area contributed by atoms with Crippen LogP contribution >= 0.6 is 0 Å². The van der Waals surface area contributed by atoms with Crippen LogP contribution in [0.4, 0.5) is 10.5 Å². The van der Waals surface area contributed by atoms with Gasteiger partial charge in [0.2, 0.25) is 5.91 Å².